The Hall–Kier alpha value is -1.09. The number of rotatable bonds is 4. The van der Waals surface area contributed by atoms with Crippen molar-refractivity contribution in [1.29, 1.82) is 0 Å². The molecule has 0 aromatic heterocycles. The summed E-state index contributed by atoms with van der Waals surface area (Å²) in [4.78, 5) is 0. The van der Waals surface area contributed by atoms with Crippen molar-refractivity contribution in [2.24, 2.45) is 0 Å². The summed E-state index contributed by atoms with van der Waals surface area (Å²) in [7, 11) is 0. The molecule has 0 N–H and O–H groups in total. The van der Waals surface area contributed by atoms with Gasteiger partial charge in [0.15, 0.2) is 0 Å². The molecular formula is C22H22Cl2SiTi. The fourth-order valence-electron chi connectivity index (χ4n) is 3.46. The van der Waals surface area contributed by atoms with Crippen molar-refractivity contribution in [3.63, 3.8) is 0 Å². The molecule has 2 aliphatic carbocycles. The van der Waals surface area contributed by atoms with E-state index < -0.39 is 22.8 Å². The second kappa shape index (κ2) is 10.3. The van der Waals surface area contributed by atoms with Gasteiger partial charge in [0.1, 0.15) is 0 Å². The monoisotopic (exact) mass is 432 g/mol. The average molecular weight is 433 g/mol. The van der Waals surface area contributed by atoms with Crippen LogP contribution in [0.4, 0.5) is 0 Å². The van der Waals surface area contributed by atoms with E-state index in [2.05, 4.69) is 97.1 Å². The van der Waals surface area contributed by atoms with E-state index in [1.54, 1.807) is 18.1 Å². The van der Waals surface area contributed by atoms with Crippen LogP contribution in [0.5, 0.6) is 0 Å². The van der Waals surface area contributed by atoms with Gasteiger partial charge in [-0.25, -0.2) is 0 Å². The molecule has 0 spiro atoms. The molecule has 2 aliphatic rings. The van der Waals surface area contributed by atoms with Gasteiger partial charge in [0, 0.05) is 0 Å². The molecule has 0 aliphatic heterocycles. The quantitative estimate of drug-likeness (QED) is 0.600. The van der Waals surface area contributed by atoms with Crippen LogP contribution in [0.1, 0.15) is 12.8 Å². The van der Waals surface area contributed by atoms with Crippen molar-refractivity contribution >= 4 is 41.4 Å². The van der Waals surface area contributed by atoms with Gasteiger partial charge >= 0.3 is 151 Å². The summed E-state index contributed by atoms with van der Waals surface area (Å²) in [6.45, 7) is 0. The molecule has 26 heavy (non-hydrogen) atoms. The molecule has 2 aromatic carbocycles. The van der Waals surface area contributed by atoms with Crippen LogP contribution in [-0.2, 0) is 16.6 Å². The van der Waals surface area contributed by atoms with Crippen LogP contribution in [0.2, 0.25) is 0 Å². The largest absolute Gasteiger partial charge is 0.147 e. The summed E-state index contributed by atoms with van der Waals surface area (Å²) < 4.78 is 3.48. The van der Waals surface area contributed by atoms with Gasteiger partial charge in [0.05, 0.1) is 0 Å². The van der Waals surface area contributed by atoms with E-state index in [9.17, 15) is 0 Å². The first kappa shape index (κ1) is 21.2. The topological polar surface area (TPSA) is 0 Å². The minimum absolute atomic E-state index is 0. The molecule has 0 heterocycles. The molecule has 132 valence electrons. The predicted molar refractivity (Wildman–Crippen MR) is 116 cm³/mol. The molecule has 4 rings (SSSR count). The van der Waals surface area contributed by atoms with Gasteiger partial charge in [0.25, 0.3) is 0 Å². The van der Waals surface area contributed by atoms with Crippen molar-refractivity contribution in [3.05, 3.63) is 105 Å². The van der Waals surface area contributed by atoms with Crippen LogP contribution < -0.4 is 10.4 Å². The normalized spacial score (nSPS) is 14.2. The Bertz CT molecular complexity index is 821. The summed E-state index contributed by atoms with van der Waals surface area (Å²) in [5, 5.41) is 3.15. The molecule has 4 heteroatoms. The average Bonchev–Trinajstić information content (AvgIpc) is 3.35. The number of halogens is 2. The minimum atomic E-state index is -1.56. The number of benzene rings is 2. The molecule has 0 nitrogen and oxygen atoms in total. The van der Waals surface area contributed by atoms with Crippen molar-refractivity contribution in [2.45, 2.75) is 12.8 Å². The maximum absolute atomic E-state index is 2.42. The fourth-order valence-corrected chi connectivity index (χ4v) is 17.3. The smallest absolute Gasteiger partial charge is 0.147 e. The Kier molecular flexibility index (Phi) is 8.40. The molecule has 0 amide bonds. The van der Waals surface area contributed by atoms with E-state index >= 15 is 0 Å². The van der Waals surface area contributed by atoms with Crippen LogP contribution in [0.3, 0.4) is 0 Å². The summed E-state index contributed by atoms with van der Waals surface area (Å²) >= 11 is -1.56. The standard InChI is InChI=1S/C12H10Si.2C5H5.2ClH.Ti/c1-3-7-11(8-4-1)13-12-9-5-2-6-10-12;2*1-2-4-5-3-1;;;/h1-10H;2*1-3H,4H2;2*1H;. The van der Waals surface area contributed by atoms with E-state index in [0.717, 1.165) is 0 Å². The molecule has 0 atom stereocenters. The number of hydrogen-bond acceptors (Lipinski definition) is 0. The van der Waals surface area contributed by atoms with E-state index in [1.165, 1.54) is 12.8 Å². The maximum atomic E-state index is 2.42. The van der Waals surface area contributed by atoms with Gasteiger partial charge in [-0.1, -0.05) is 0 Å². The van der Waals surface area contributed by atoms with Gasteiger partial charge in [-0.3, -0.25) is 0 Å². The summed E-state index contributed by atoms with van der Waals surface area (Å²) in [6.07, 6.45) is 15.6. The number of allylic oxidation sites excluding steroid dienone is 8. The third-order valence-corrected chi connectivity index (χ3v) is 17.7. The minimum Gasteiger partial charge on any atom is -0.147 e. The molecule has 0 bridgehead atoms. The Morgan fingerprint density at radius 3 is 1.38 bits per heavy atom. The zero-order valence-electron chi connectivity index (χ0n) is 14.5. The zero-order chi connectivity index (χ0) is 16.2. The van der Waals surface area contributed by atoms with Crippen LogP contribution >= 0.6 is 24.8 Å². The molecule has 0 saturated heterocycles. The summed E-state index contributed by atoms with van der Waals surface area (Å²) in [5.74, 6) is 0. The van der Waals surface area contributed by atoms with Crippen molar-refractivity contribution < 1.29 is 16.6 Å². The third kappa shape index (κ3) is 4.60. The Morgan fingerprint density at radius 2 is 1.04 bits per heavy atom. The maximum Gasteiger partial charge on any atom is -0.147 e. The Morgan fingerprint density at radius 1 is 0.615 bits per heavy atom. The first-order valence-electron chi connectivity index (χ1n) is 8.51. The van der Waals surface area contributed by atoms with Crippen molar-refractivity contribution in [3.8, 4) is 0 Å². The number of hydrogen-bond donors (Lipinski definition) is 0. The van der Waals surface area contributed by atoms with Gasteiger partial charge in [-0.2, -0.15) is 0 Å². The molecular weight excluding hydrogens is 411 g/mol. The van der Waals surface area contributed by atoms with Crippen molar-refractivity contribution in [1.82, 2.24) is 0 Å². The van der Waals surface area contributed by atoms with Crippen LogP contribution in [-0.4, -0.2) is 6.19 Å². The Balaban J connectivity index is 0.00000121. The van der Waals surface area contributed by atoms with E-state index in [1.807, 2.05) is 0 Å². The van der Waals surface area contributed by atoms with Crippen LogP contribution in [0.15, 0.2) is 105 Å². The Labute approximate surface area is 174 Å². The second-order valence-corrected chi connectivity index (χ2v) is 15.6. The second-order valence-electron chi connectivity index (χ2n) is 6.13. The van der Waals surface area contributed by atoms with E-state index in [4.69, 9.17) is 0 Å². The van der Waals surface area contributed by atoms with Gasteiger partial charge in [0.2, 0.25) is 0 Å². The molecule has 0 fully saturated rings. The van der Waals surface area contributed by atoms with E-state index in [-0.39, 0.29) is 24.8 Å². The van der Waals surface area contributed by atoms with Gasteiger partial charge < -0.3 is 0 Å². The third-order valence-electron chi connectivity index (χ3n) is 4.56. The van der Waals surface area contributed by atoms with Crippen molar-refractivity contribution in [2.75, 3.05) is 0 Å². The van der Waals surface area contributed by atoms with Gasteiger partial charge in [-0.15, -0.1) is 24.8 Å². The molecule has 2 aromatic rings. The first-order valence-corrected chi connectivity index (χ1v) is 13.9. The van der Waals surface area contributed by atoms with Crippen LogP contribution in [0.25, 0.3) is 0 Å². The van der Waals surface area contributed by atoms with Crippen LogP contribution in [0, 0.1) is 0 Å². The molecule has 0 unspecified atom stereocenters. The summed E-state index contributed by atoms with van der Waals surface area (Å²) in [6, 6.07) is 22.6. The molecule has 0 radical (unpaired) electrons. The van der Waals surface area contributed by atoms with E-state index in [0.29, 0.717) is 0 Å². The summed E-state index contributed by atoms with van der Waals surface area (Å²) in [5.41, 5.74) is 0. The SMILES string of the molecule is C1=CC[C]([Ti]([C]2=CC=CC2)=[Si](c2ccccc2)c2ccccc2)=C1.Cl.Cl. The first-order chi connectivity index (χ1) is 11.9. The van der Waals surface area contributed by atoms with Gasteiger partial charge in [-0.05, 0) is 0 Å². The fraction of sp³-hybridized carbons (Fsp3) is 0.0909. The predicted octanol–water partition coefficient (Wildman–Crippen LogP) is 4.94. The zero-order valence-corrected chi connectivity index (χ0v) is 18.7. The molecule has 0 saturated carbocycles.